The molecule has 0 spiro atoms. The minimum Gasteiger partial charge on any atom is -0.361 e. The van der Waals surface area contributed by atoms with E-state index >= 15 is 0 Å². The van der Waals surface area contributed by atoms with E-state index in [0.717, 1.165) is 17.3 Å². The lowest BCUT2D eigenvalue weighted by Crippen LogP contribution is -2.18. The summed E-state index contributed by atoms with van der Waals surface area (Å²) in [6.07, 6.45) is 0. The molecule has 1 unspecified atom stereocenters. The Labute approximate surface area is 122 Å². The number of aliphatic imine (C=N–C) groups is 1. The molecule has 1 aliphatic heterocycles. The van der Waals surface area contributed by atoms with E-state index in [1.54, 1.807) is 23.9 Å². The third-order valence-electron chi connectivity index (χ3n) is 3.16. The third kappa shape index (κ3) is 3.20. The first-order chi connectivity index (χ1) is 9.81. The molecule has 0 aromatic heterocycles. The number of amidine groups is 1. The van der Waals surface area contributed by atoms with Gasteiger partial charge in [-0.25, -0.2) is 4.39 Å². The summed E-state index contributed by atoms with van der Waals surface area (Å²) in [4.78, 5) is 4.51. The van der Waals surface area contributed by atoms with Gasteiger partial charge in [0.05, 0.1) is 11.8 Å². The van der Waals surface area contributed by atoms with E-state index in [-0.39, 0.29) is 5.82 Å². The number of nitrogens with one attached hydrogen (secondary N) is 1. The number of benzene rings is 2. The van der Waals surface area contributed by atoms with Gasteiger partial charge in [0.25, 0.3) is 0 Å². The fraction of sp³-hybridized carbons (Fsp3) is 0.188. The molecule has 20 heavy (non-hydrogen) atoms. The fourth-order valence-corrected chi connectivity index (χ4v) is 3.15. The molecule has 4 heteroatoms. The Bertz CT molecular complexity index is 613. The zero-order valence-electron chi connectivity index (χ0n) is 10.9. The summed E-state index contributed by atoms with van der Waals surface area (Å²) in [5, 5.41) is 4.59. The molecule has 2 nitrogen and oxygen atoms in total. The van der Waals surface area contributed by atoms with Gasteiger partial charge in [0, 0.05) is 6.54 Å². The minimum atomic E-state index is -0.201. The second-order valence-electron chi connectivity index (χ2n) is 4.65. The molecule has 1 aliphatic rings. The molecule has 0 fully saturated rings. The molecule has 0 amide bonds. The molecule has 1 atom stereocenters. The van der Waals surface area contributed by atoms with Crippen LogP contribution in [0.15, 0.2) is 59.6 Å². The highest BCUT2D eigenvalue weighted by Crippen LogP contribution is 2.34. The van der Waals surface area contributed by atoms with Crippen LogP contribution in [-0.4, -0.2) is 11.7 Å². The van der Waals surface area contributed by atoms with Crippen molar-refractivity contribution in [2.24, 2.45) is 4.99 Å². The zero-order chi connectivity index (χ0) is 13.8. The van der Waals surface area contributed by atoms with Crippen LogP contribution in [0.4, 0.5) is 4.39 Å². The van der Waals surface area contributed by atoms with Crippen LogP contribution in [0.25, 0.3) is 0 Å². The quantitative estimate of drug-likeness (QED) is 0.929. The van der Waals surface area contributed by atoms with E-state index in [9.17, 15) is 4.39 Å². The number of hydrogen-bond donors (Lipinski definition) is 1. The summed E-state index contributed by atoms with van der Waals surface area (Å²) >= 11 is 1.73. The first-order valence-electron chi connectivity index (χ1n) is 6.55. The number of nitrogens with zero attached hydrogens (tertiary/aromatic N) is 1. The van der Waals surface area contributed by atoms with Crippen molar-refractivity contribution in [3.8, 4) is 0 Å². The van der Waals surface area contributed by atoms with E-state index in [0.29, 0.717) is 11.8 Å². The van der Waals surface area contributed by atoms with Crippen molar-refractivity contribution in [2.45, 2.75) is 11.8 Å². The Morgan fingerprint density at radius 3 is 2.80 bits per heavy atom. The van der Waals surface area contributed by atoms with Crippen molar-refractivity contribution >= 4 is 16.9 Å². The van der Waals surface area contributed by atoms with Crippen LogP contribution in [0.2, 0.25) is 0 Å². The summed E-state index contributed by atoms with van der Waals surface area (Å²) in [5.41, 5.74) is 2.22. The van der Waals surface area contributed by atoms with Crippen molar-refractivity contribution in [1.29, 1.82) is 0 Å². The highest BCUT2D eigenvalue weighted by atomic mass is 32.2. The third-order valence-corrected chi connectivity index (χ3v) is 4.36. The molecule has 3 rings (SSSR count). The number of rotatable bonds is 3. The summed E-state index contributed by atoms with van der Waals surface area (Å²) in [5.74, 6) is -0.201. The lowest BCUT2D eigenvalue weighted by atomic mass is 10.1. The van der Waals surface area contributed by atoms with Crippen LogP contribution in [-0.2, 0) is 6.54 Å². The molecule has 2 aromatic rings. The van der Waals surface area contributed by atoms with Crippen LogP contribution in [0.5, 0.6) is 0 Å². The molecule has 0 bridgehead atoms. The molecule has 1 heterocycles. The highest BCUT2D eigenvalue weighted by molar-refractivity contribution is 8.14. The second-order valence-corrected chi connectivity index (χ2v) is 5.84. The van der Waals surface area contributed by atoms with Crippen molar-refractivity contribution < 1.29 is 4.39 Å². The van der Waals surface area contributed by atoms with E-state index in [4.69, 9.17) is 0 Å². The first kappa shape index (κ1) is 13.2. The monoisotopic (exact) mass is 286 g/mol. The Hall–Kier alpha value is -1.81. The Morgan fingerprint density at radius 2 is 2.00 bits per heavy atom. The molecular weight excluding hydrogens is 271 g/mol. The normalized spacial score (nSPS) is 17.9. The molecule has 0 aliphatic carbocycles. The van der Waals surface area contributed by atoms with Gasteiger partial charge in [-0.2, -0.15) is 0 Å². The van der Waals surface area contributed by atoms with Crippen LogP contribution in [0.1, 0.15) is 16.4 Å². The van der Waals surface area contributed by atoms with Crippen LogP contribution in [0, 0.1) is 5.82 Å². The van der Waals surface area contributed by atoms with Gasteiger partial charge in [-0.15, -0.1) is 0 Å². The lowest BCUT2D eigenvalue weighted by molar-refractivity contribution is 0.625. The van der Waals surface area contributed by atoms with Gasteiger partial charge >= 0.3 is 0 Å². The van der Waals surface area contributed by atoms with Gasteiger partial charge in [-0.05, 0) is 23.3 Å². The largest absolute Gasteiger partial charge is 0.361 e. The Balaban J connectivity index is 1.56. The van der Waals surface area contributed by atoms with Crippen LogP contribution < -0.4 is 5.32 Å². The molecular formula is C16H15FN2S. The van der Waals surface area contributed by atoms with Gasteiger partial charge in [-0.3, -0.25) is 4.99 Å². The van der Waals surface area contributed by atoms with Crippen molar-refractivity contribution in [3.05, 3.63) is 71.5 Å². The molecule has 2 aromatic carbocycles. The summed E-state index contributed by atoms with van der Waals surface area (Å²) in [7, 11) is 0. The summed E-state index contributed by atoms with van der Waals surface area (Å²) in [6.45, 7) is 1.39. The predicted molar refractivity (Wildman–Crippen MR) is 82.3 cm³/mol. The summed E-state index contributed by atoms with van der Waals surface area (Å²) < 4.78 is 13.1. The lowest BCUT2D eigenvalue weighted by Gasteiger charge is -2.09. The van der Waals surface area contributed by atoms with E-state index in [1.807, 2.05) is 24.3 Å². The molecule has 1 N–H and O–H groups in total. The maximum atomic E-state index is 13.1. The van der Waals surface area contributed by atoms with Gasteiger partial charge in [-0.1, -0.05) is 54.2 Å². The molecule has 102 valence electrons. The summed E-state index contributed by atoms with van der Waals surface area (Å²) in [6, 6.07) is 17.0. The second kappa shape index (κ2) is 6.09. The molecule has 0 radical (unpaired) electrons. The molecule has 0 saturated carbocycles. The van der Waals surface area contributed by atoms with Crippen molar-refractivity contribution in [2.75, 3.05) is 6.54 Å². The van der Waals surface area contributed by atoms with Crippen molar-refractivity contribution in [1.82, 2.24) is 5.32 Å². The maximum Gasteiger partial charge on any atom is 0.157 e. The number of thioether (sulfide) groups is 1. The SMILES string of the molecule is Fc1cccc(CNC2=NCC(c3ccccc3)S2)c1. The Morgan fingerprint density at radius 1 is 1.15 bits per heavy atom. The van der Waals surface area contributed by atoms with Crippen LogP contribution in [0.3, 0.4) is 0 Å². The minimum absolute atomic E-state index is 0.201. The smallest absolute Gasteiger partial charge is 0.157 e. The van der Waals surface area contributed by atoms with Gasteiger partial charge in [0.15, 0.2) is 5.17 Å². The standard InChI is InChI=1S/C16H15FN2S/c17-14-8-4-5-12(9-14)10-18-16-19-11-15(20-16)13-6-2-1-3-7-13/h1-9,15H,10-11H2,(H,18,19). The fourth-order valence-electron chi connectivity index (χ4n) is 2.14. The van der Waals surface area contributed by atoms with E-state index in [1.165, 1.54) is 11.6 Å². The van der Waals surface area contributed by atoms with Gasteiger partial charge in [0.1, 0.15) is 5.82 Å². The average molecular weight is 286 g/mol. The Kier molecular flexibility index (Phi) is 4.02. The average Bonchev–Trinajstić information content (AvgIpc) is 2.95. The highest BCUT2D eigenvalue weighted by Gasteiger charge is 2.20. The molecule has 0 saturated heterocycles. The zero-order valence-corrected chi connectivity index (χ0v) is 11.7. The van der Waals surface area contributed by atoms with Crippen LogP contribution >= 0.6 is 11.8 Å². The number of hydrogen-bond acceptors (Lipinski definition) is 3. The predicted octanol–water partition coefficient (Wildman–Crippen LogP) is 3.76. The number of halogens is 1. The van der Waals surface area contributed by atoms with Crippen molar-refractivity contribution in [3.63, 3.8) is 0 Å². The van der Waals surface area contributed by atoms with E-state index in [2.05, 4.69) is 22.4 Å². The first-order valence-corrected chi connectivity index (χ1v) is 7.43. The maximum absolute atomic E-state index is 13.1. The van der Waals surface area contributed by atoms with Gasteiger partial charge in [0.2, 0.25) is 0 Å². The van der Waals surface area contributed by atoms with E-state index < -0.39 is 0 Å². The van der Waals surface area contributed by atoms with Gasteiger partial charge < -0.3 is 5.32 Å². The topological polar surface area (TPSA) is 24.4 Å².